The lowest BCUT2D eigenvalue weighted by molar-refractivity contribution is 0.285. The van der Waals surface area contributed by atoms with Crippen molar-refractivity contribution in [2.24, 2.45) is 0 Å². The van der Waals surface area contributed by atoms with E-state index < -0.39 is 8.32 Å². The van der Waals surface area contributed by atoms with E-state index in [4.69, 9.17) is 5.11 Å². The van der Waals surface area contributed by atoms with Crippen LogP contribution < -0.4 is 10.4 Å². The fourth-order valence-corrected chi connectivity index (χ4v) is 7.91. The second-order valence-corrected chi connectivity index (χ2v) is 12.7. The van der Waals surface area contributed by atoms with E-state index in [0.29, 0.717) is 0 Å². The van der Waals surface area contributed by atoms with Crippen LogP contribution in [0.1, 0.15) is 71.6 Å². The van der Waals surface area contributed by atoms with E-state index in [9.17, 15) is 4.80 Å². The summed E-state index contributed by atoms with van der Waals surface area (Å²) >= 11 is 0. The number of rotatable bonds is 12. The van der Waals surface area contributed by atoms with Gasteiger partial charge >= 0.3 is 0 Å². The van der Waals surface area contributed by atoms with Crippen molar-refractivity contribution in [1.29, 1.82) is 0 Å². The molecule has 0 aromatic heterocycles. The molecule has 0 bridgehead atoms. The van der Waals surface area contributed by atoms with Gasteiger partial charge in [0.1, 0.15) is 0 Å². The van der Waals surface area contributed by atoms with Gasteiger partial charge in [-0.1, -0.05) is 93.8 Å². The Balaban J connectivity index is 1.90. The van der Waals surface area contributed by atoms with Gasteiger partial charge in [0.25, 0.3) is 8.32 Å². The van der Waals surface area contributed by atoms with Crippen LogP contribution in [0, 0.1) is 11.8 Å². The second kappa shape index (κ2) is 12.7. The minimum atomic E-state index is -2.87. The molecule has 0 atom stereocenters. The summed E-state index contributed by atoms with van der Waals surface area (Å²) in [6.07, 6.45) is 9.39. The van der Waals surface area contributed by atoms with E-state index in [2.05, 4.69) is 50.0 Å². The van der Waals surface area contributed by atoms with Gasteiger partial charge in [-0.25, -0.2) is 0 Å². The highest BCUT2D eigenvalue weighted by molar-refractivity contribution is 6.98. The molecule has 0 aliphatic rings. The third-order valence-corrected chi connectivity index (χ3v) is 10.6. The largest absolute Gasteiger partial charge is 0.424 e. The smallest absolute Gasteiger partial charge is 0.258 e. The summed E-state index contributed by atoms with van der Waals surface area (Å²) in [5.41, 5.74) is 0. The van der Waals surface area contributed by atoms with Crippen molar-refractivity contribution < 1.29 is 9.90 Å². The van der Waals surface area contributed by atoms with E-state index in [1.54, 1.807) is 0 Å². The van der Waals surface area contributed by atoms with Crippen molar-refractivity contribution in [3.8, 4) is 11.8 Å². The van der Waals surface area contributed by atoms with Gasteiger partial charge in [-0.15, -0.1) is 11.8 Å². The van der Waals surface area contributed by atoms with Crippen LogP contribution in [0.25, 0.3) is 0 Å². The van der Waals surface area contributed by atoms with Crippen molar-refractivity contribution in [2.45, 2.75) is 76.7 Å². The average molecular weight is 423 g/mol. The number of aliphatic hydroxyl groups is 1. The van der Waals surface area contributed by atoms with Gasteiger partial charge in [-0.05, 0) is 41.1 Å². The Kier molecular flexibility index (Phi) is 10.4. The standard InChI is InChI=1S/C27H38O2Si/c1-27(2,23-17-9-7-5-3-4-6-8-10-18-24-28)30(29,25-19-13-11-14-20-25)26-21-15-12-16-22-26/h11-16,19-22,28-29H,3,5,7-10,17-18,23-24H2,1-2H3. The highest BCUT2D eigenvalue weighted by atomic mass is 28.4. The summed E-state index contributed by atoms with van der Waals surface area (Å²) in [5.74, 6) is 6.46. The zero-order chi connectivity index (χ0) is 21.7. The van der Waals surface area contributed by atoms with Crippen molar-refractivity contribution in [3.05, 3.63) is 60.7 Å². The molecular weight excluding hydrogens is 384 g/mol. The van der Waals surface area contributed by atoms with Gasteiger partial charge in [0.15, 0.2) is 0 Å². The number of hydrogen-bond acceptors (Lipinski definition) is 2. The number of aliphatic hydroxyl groups excluding tert-OH is 1. The monoisotopic (exact) mass is 422 g/mol. The van der Waals surface area contributed by atoms with E-state index in [-0.39, 0.29) is 11.6 Å². The molecule has 0 aliphatic carbocycles. The molecule has 2 aromatic carbocycles. The highest BCUT2D eigenvalue weighted by Gasteiger charge is 2.49. The van der Waals surface area contributed by atoms with Crippen molar-refractivity contribution in [2.75, 3.05) is 6.61 Å². The molecule has 0 radical (unpaired) electrons. The summed E-state index contributed by atoms with van der Waals surface area (Å²) in [7, 11) is -2.87. The SMILES string of the molecule is CC(C)(CCCCCCC#CCCCCO)[Si](O)(c1ccccc1)c1ccccc1. The molecule has 0 heterocycles. The Morgan fingerprint density at radius 2 is 1.17 bits per heavy atom. The Hall–Kier alpha value is -1.86. The topological polar surface area (TPSA) is 40.5 Å². The van der Waals surface area contributed by atoms with Crippen LogP contribution in [0.4, 0.5) is 0 Å². The minimum absolute atomic E-state index is 0.151. The molecule has 0 spiro atoms. The molecule has 162 valence electrons. The van der Waals surface area contributed by atoms with Crippen LogP contribution in [0.15, 0.2) is 60.7 Å². The van der Waals surface area contributed by atoms with E-state index in [0.717, 1.165) is 55.3 Å². The maximum absolute atomic E-state index is 12.1. The van der Waals surface area contributed by atoms with Gasteiger partial charge in [0.05, 0.1) is 0 Å². The Bertz CT molecular complexity index is 735. The van der Waals surface area contributed by atoms with Crippen molar-refractivity contribution in [3.63, 3.8) is 0 Å². The van der Waals surface area contributed by atoms with Gasteiger partial charge in [-0.2, -0.15) is 0 Å². The third kappa shape index (κ3) is 6.84. The van der Waals surface area contributed by atoms with Crippen LogP contribution in [-0.4, -0.2) is 24.8 Å². The molecule has 2 rings (SSSR count). The zero-order valence-corrected chi connectivity index (χ0v) is 19.7. The van der Waals surface area contributed by atoms with Crippen molar-refractivity contribution >= 4 is 18.7 Å². The molecule has 0 saturated heterocycles. The first-order chi connectivity index (χ1) is 14.5. The van der Waals surface area contributed by atoms with Gasteiger partial charge in [0, 0.05) is 19.4 Å². The summed E-state index contributed by atoms with van der Waals surface area (Å²) in [6.45, 7) is 4.76. The molecule has 0 fully saturated rings. The summed E-state index contributed by atoms with van der Waals surface area (Å²) in [6, 6.07) is 20.6. The predicted molar refractivity (Wildman–Crippen MR) is 131 cm³/mol. The first-order valence-corrected chi connectivity index (χ1v) is 13.4. The lowest BCUT2D eigenvalue weighted by Gasteiger charge is -2.41. The van der Waals surface area contributed by atoms with Gasteiger partial charge in [-0.3, -0.25) is 0 Å². The number of hydrogen-bond donors (Lipinski definition) is 2. The molecule has 0 saturated carbocycles. The zero-order valence-electron chi connectivity index (χ0n) is 18.7. The molecule has 2 nitrogen and oxygen atoms in total. The van der Waals surface area contributed by atoms with Crippen LogP contribution in [0.5, 0.6) is 0 Å². The molecule has 0 unspecified atom stereocenters. The quantitative estimate of drug-likeness (QED) is 0.286. The summed E-state index contributed by atoms with van der Waals surface area (Å²) < 4.78 is 0. The Labute approximate surface area is 184 Å². The van der Waals surface area contributed by atoms with Crippen LogP contribution in [0.3, 0.4) is 0 Å². The van der Waals surface area contributed by atoms with Crippen LogP contribution in [0.2, 0.25) is 5.04 Å². The molecule has 3 heteroatoms. The second-order valence-electron chi connectivity index (χ2n) is 8.77. The van der Waals surface area contributed by atoms with E-state index in [1.165, 1.54) is 12.8 Å². The minimum Gasteiger partial charge on any atom is -0.424 e. The highest BCUT2D eigenvalue weighted by Crippen LogP contribution is 2.40. The Morgan fingerprint density at radius 3 is 1.67 bits per heavy atom. The molecule has 2 aromatic rings. The first kappa shape index (κ1) is 24.4. The maximum Gasteiger partial charge on any atom is 0.258 e. The predicted octanol–water partition coefficient (Wildman–Crippen LogP) is 5.03. The molecule has 2 N–H and O–H groups in total. The van der Waals surface area contributed by atoms with Gasteiger partial charge < -0.3 is 9.90 Å². The molecule has 0 amide bonds. The number of unbranched alkanes of at least 4 members (excludes halogenated alkanes) is 6. The van der Waals surface area contributed by atoms with E-state index >= 15 is 0 Å². The van der Waals surface area contributed by atoms with Crippen molar-refractivity contribution in [1.82, 2.24) is 0 Å². The fourth-order valence-electron chi connectivity index (χ4n) is 4.12. The molecule has 30 heavy (non-hydrogen) atoms. The summed E-state index contributed by atoms with van der Waals surface area (Å²) in [5, 5.41) is 10.8. The van der Waals surface area contributed by atoms with Gasteiger partial charge in [0.2, 0.25) is 0 Å². The Morgan fingerprint density at radius 1 is 0.700 bits per heavy atom. The lowest BCUT2D eigenvalue weighted by atomic mass is 10.0. The lowest BCUT2D eigenvalue weighted by Crippen LogP contribution is -2.65. The van der Waals surface area contributed by atoms with E-state index in [1.807, 2.05) is 36.4 Å². The fraction of sp³-hybridized carbons (Fsp3) is 0.481. The third-order valence-electron chi connectivity index (χ3n) is 6.05. The average Bonchev–Trinajstić information content (AvgIpc) is 2.78. The molecule has 0 aliphatic heterocycles. The maximum atomic E-state index is 12.1. The summed E-state index contributed by atoms with van der Waals surface area (Å²) in [4.78, 5) is 12.1. The number of benzene rings is 2. The molecular formula is C27H38O2Si. The first-order valence-electron chi connectivity index (χ1n) is 11.4. The normalized spacial score (nSPS) is 11.7. The van der Waals surface area contributed by atoms with Crippen LogP contribution in [-0.2, 0) is 0 Å². The van der Waals surface area contributed by atoms with Crippen LogP contribution >= 0.6 is 0 Å².